The summed E-state index contributed by atoms with van der Waals surface area (Å²) in [6.45, 7) is 3.30. The number of aromatic nitrogens is 1. The van der Waals surface area contributed by atoms with Crippen LogP contribution in [0.5, 0.6) is 5.75 Å². The van der Waals surface area contributed by atoms with Crippen LogP contribution in [0.4, 0.5) is 5.82 Å². The first-order valence-electron chi connectivity index (χ1n) is 10.5. The smallest absolute Gasteiger partial charge is 0.274 e. The van der Waals surface area contributed by atoms with E-state index < -0.39 is 6.10 Å². The number of nitrogens with one attached hydrogen (secondary N) is 1. The van der Waals surface area contributed by atoms with Gasteiger partial charge in [-0.15, -0.1) is 0 Å². The largest absolute Gasteiger partial charge is 0.472 e. The second-order valence-corrected chi connectivity index (χ2v) is 8.37. The zero-order valence-electron chi connectivity index (χ0n) is 17.4. The minimum absolute atomic E-state index is 0.0250. The Balaban J connectivity index is 1.54. The number of hydrogen-bond acceptors (Lipinski definition) is 5. The number of rotatable bonds is 11. The van der Waals surface area contributed by atoms with Gasteiger partial charge in [-0.1, -0.05) is 37.3 Å². The maximum absolute atomic E-state index is 13.1. The predicted octanol–water partition coefficient (Wildman–Crippen LogP) is 3.98. The minimum atomic E-state index is -0.697. The van der Waals surface area contributed by atoms with E-state index in [1.54, 1.807) is 17.2 Å². The lowest BCUT2D eigenvalue weighted by Crippen LogP contribution is -2.42. The monoisotopic (exact) mass is 427 g/mol. The van der Waals surface area contributed by atoms with Crippen LogP contribution in [0.15, 0.2) is 48.7 Å². The molecule has 1 aliphatic heterocycles. The van der Waals surface area contributed by atoms with Crippen LogP contribution < -0.4 is 15.0 Å². The van der Waals surface area contributed by atoms with E-state index >= 15 is 0 Å². The van der Waals surface area contributed by atoms with Gasteiger partial charge in [-0.3, -0.25) is 14.5 Å². The number of thioether (sulfide) groups is 1. The third-order valence-electron chi connectivity index (χ3n) is 4.77. The number of nitrogens with zero attached hydrogens (tertiary/aromatic N) is 2. The number of benzene rings is 1. The maximum Gasteiger partial charge on any atom is 0.274 e. The SMILES string of the molecule is CCCSCCCNC(=O)CCCN1C(=O)C(c2ccccc2)Oc2cccnc21. The molecule has 0 spiro atoms. The van der Waals surface area contributed by atoms with Gasteiger partial charge in [0.1, 0.15) is 0 Å². The van der Waals surface area contributed by atoms with Crippen LogP contribution >= 0.6 is 11.8 Å². The zero-order chi connectivity index (χ0) is 21.2. The lowest BCUT2D eigenvalue weighted by atomic mass is 10.1. The number of fused-ring (bicyclic) bond motifs is 1. The average Bonchev–Trinajstić information content (AvgIpc) is 2.78. The molecule has 1 unspecified atom stereocenters. The van der Waals surface area contributed by atoms with Crippen LogP contribution in [0.25, 0.3) is 0 Å². The fourth-order valence-electron chi connectivity index (χ4n) is 3.29. The Morgan fingerprint density at radius 1 is 1.17 bits per heavy atom. The number of carbonyl (C=O) groups excluding carboxylic acids is 2. The van der Waals surface area contributed by atoms with Crippen molar-refractivity contribution >= 4 is 29.4 Å². The van der Waals surface area contributed by atoms with Crippen molar-refractivity contribution in [2.24, 2.45) is 0 Å². The van der Waals surface area contributed by atoms with Gasteiger partial charge >= 0.3 is 0 Å². The van der Waals surface area contributed by atoms with Gasteiger partial charge in [0.05, 0.1) is 0 Å². The Morgan fingerprint density at radius 2 is 2.00 bits per heavy atom. The van der Waals surface area contributed by atoms with Gasteiger partial charge in [0.25, 0.3) is 5.91 Å². The molecule has 0 radical (unpaired) electrons. The Labute approximate surface area is 182 Å². The molecule has 1 N–H and O–H groups in total. The molecule has 1 aliphatic rings. The molecule has 7 heteroatoms. The van der Waals surface area contributed by atoms with Crippen LogP contribution in [0.1, 0.15) is 44.3 Å². The highest BCUT2D eigenvalue weighted by Crippen LogP contribution is 2.37. The Bertz CT molecular complexity index is 831. The fraction of sp³-hybridized carbons (Fsp3) is 0.435. The number of anilines is 1. The Morgan fingerprint density at radius 3 is 2.80 bits per heavy atom. The molecule has 6 nitrogen and oxygen atoms in total. The van der Waals surface area contributed by atoms with Crippen LogP contribution in [0.3, 0.4) is 0 Å². The summed E-state index contributed by atoms with van der Waals surface area (Å²) in [5, 5.41) is 2.97. The van der Waals surface area contributed by atoms with Gasteiger partial charge < -0.3 is 10.1 Å². The van der Waals surface area contributed by atoms with Crippen LogP contribution in [-0.4, -0.2) is 41.4 Å². The van der Waals surface area contributed by atoms with Gasteiger partial charge in [0.15, 0.2) is 11.6 Å². The standard InChI is InChI=1S/C23H29N3O3S/c1-2-16-30-17-8-14-24-20(27)12-7-15-26-22-19(11-6-13-25-22)29-21(23(26)28)18-9-4-3-5-10-18/h3-6,9-11,13,21H,2,7-8,12,14-17H2,1H3,(H,24,27). The summed E-state index contributed by atoms with van der Waals surface area (Å²) in [6, 6.07) is 13.1. The number of carbonyl (C=O) groups is 2. The van der Waals surface area contributed by atoms with Crippen molar-refractivity contribution in [3.05, 3.63) is 54.2 Å². The summed E-state index contributed by atoms with van der Waals surface area (Å²) < 4.78 is 5.95. The molecule has 2 heterocycles. The summed E-state index contributed by atoms with van der Waals surface area (Å²) in [5.41, 5.74) is 0.806. The normalized spacial score (nSPS) is 15.4. The predicted molar refractivity (Wildman–Crippen MR) is 121 cm³/mol. The van der Waals surface area contributed by atoms with Crippen molar-refractivity contribution in [2.45, 2.75) is 38.7 Å². The van der Waals surface area contributed by atoms with Gasteiger partial charge in [0.2, 0.25) is 12.0 Å². The summed E-state index contributed by atoms with van der Waals surface area (Å²) in [4.78, 5) is 31.2. The molecule has 2 amide bonds. The summed E-state index contributed by atoms with van der Waals surface area (Å²) >= 11 is 1.92. The maximum atomic E-state index is 13.1. The third-order valence-corrected chi connectivity index (χ3v) is 6.04. The average molecular weight is 428 g/mol. The van der Waals surface area contributed by atoms with Crippen molar-refractivity contribution in [1.29, 1.82) is 0 Å². The molecule has 1 aromatic heterocycles. The van der Waals surface area contributed by atoms with E-state index in [-0.39, 0.29) is 11.8 Å². The van der Waals surface area contributed by atoms with Crippen LogP contribution in [0, 0.1) is 0 Å². The van der Waals surface area contributed by atoms with Crippen molar-refractivity contribution in [3.8, 4) is 5.75 Å². The first kappa shape index (κ1) is 22.2. The Kier molecular flexibility index (Phi) is 8.56. The number of ether oxygens (including phenoxy) is 1. The first-order chi connectivity index (χ1) is 14.7. The molecule has 160 valence electrons. The summed E-state index contributed by atoms with van der Waals surface area (Å²) in [5.74, 6) is 3.21. The molecule has 0 saturated carbocycles. The van der Waals surface area contributed by atoms with Crippen LogP contribution in [0.2, 0.25) is 0 Å². The van der Waals surface area contributed by atoms with Gasteiger partial charge in [-0.25, -0.2) is 4.98 Å². The lowest BCUT2D eigenvalue weighted by Gasteiger charge is -2.33. The van der Waals surface area contributed by atoms with Gasteiger partial charge in [-0.05, 0) is 42.9 Å². The van der Waals surface area contributed by atoms with E-state index in [1.807, 2.05) is 48.2 Å². The molecule has 0 fully saturated rings. The second kappa shape index (κ2) is 11.6. The Hall–Kier alpha value is -2.54. The van der Waals surface area contributed by atoms with Crippen molar-refractivity contribution < 1.29 is 14.3 Å². The first-order valence-corrected chi connectivity index (χ1v) is 11.7. The molecule has 3 rings (SSSR count). The summed E-state index contributed by atoms with van der Waals surface area (Å²) in [7, 11) is 0. The molecule has 30 heavy (non-hydrogen) atoms. The van der Waals surface area contributed by atoms with E-state index in [1.165, 1.54) is 12.2 Å². The van der Waals surface area contributed by atoms with Crippen molar-refractivity contribution in [1.82, 2.24) is 10.3 Å². The van der Waals surface area contributed by atoms with Crippen molar-refractivity contribution in [3.63, 3.8) is 0 Å². The highest BCUT2D eigenvalue weighted by atomic mass is 32.2. The fourth-order valence-corrected chi connectivity index (χ4v) is 4.13. The molecule has 0 aliphatic carbocycles. The van der Waals surface area contributed by atoms with E-state index in [9.17, 15) is 9.59 Å². The lowest BCUT2D eigenvalue weighted by molar-refractivity contribution is -0.127. The molecule has 0 saturated heterocycles. The second-order valence-electron chi connectivity index (χ2n) is 7.14. The highest BCUT2D eigenvalue weighted by molar-refractivity contribution is 7.99. The molecule has 1 aromatic carbocycles. The van der Waals surface area contributed by atoms with E-state index in [4.69, 9.17) is 4.74 Å². The third kappa shape index (κ3) is 5.98. The van der Waals surface area contributed by atoms with E-state index in [0.717, 1.165) is 17.7 Å². The molecule has 1 atom stereocenters. The summed E-state index contributed by atoms with van der Waals surface area (Å²) in [6.07, 6.45) is 4.06. The van der Waals surface area contributed by atoms with Gasteiger partial charge in [-0.2, -0.15) is 11.8 Å². The van der Waals surface area contributed by atoms with E-state index in [0.29, 0.717) is 37.5 Å². The van der Waals surface area contributed by atoms with Crippen molar-refractivity contribution in [2.75, 3.05) is 29.5 Å². The number of amides is 2. The quantitative estimate of drug-likeness (QED) is 0.549. The number of hydrogen-bond donors (Lipinski definition) is 1. The highest BCUT2D eigenvalue weighted by Gasteiger charge is 2.36. The molecule has 0 bridgehead atoms. The van der Waals surface area contributed by atoms with Gasteiger partial charge in [0, 0.05) is 31.3 Å². The van der Waals surface area contributed by atoms with Crippen LogP contribution in [-0.2, 0) is 9.59 Å². The molecular weight excluding hydrogens is 398 g/mol. The topological polar surface area (TPSA) is 71.5 Å². The zero-order valence-corrected chi connectivity index (χ0v) is 18.2. The molecular formula is C23H29N3O3S. The van der Waals surface area contributed by atoms with E-state index in [2.05, 4.69) is 17.2 Å². The molecule has 2 aromatic rings. The minimum Gasteiger partial charge on any atom is -0.472 e. The number of pyridine rings is 1.